The summed E-state index contributed by atoms with van der Waals surface area (Å²) in [5.74, 6) is 1.33. The van der Waals surface area contributed by atoms with Crippen LogP contribution in [-0.4, -0.2) is 16.2 Å². The average molecular weight is 244 g/mol. The lowest BCUT2D eigenvalue weighted by atomic mass is 9.87. The van der Waals surface area contributed by atoms with Crippen LogP contribution in [0.1, 0.15) is 50.8 Å². The van der Waals surface area contributed by atoms with Crippen LogP contribution in [0, 0.1) is 5.92 Å². The third-order valence-corrected chi connectivity index (χ3v) is 3.31. The largest absolute Gasteiger partial charge is 0.406 e. The Bertz CT molecular complexity index is 332. The lowest BCUT2D eigenvalue weighted by Crippen LogP contribution is -2.25. The molecule has 0 spiro atoms. The van der Waals surface area contributed by atoms with Crippen molar-refractivity contribution in [2.45, 2.75) is 50.9 Å². The molecule has 0 aliphatic heterocycles. The Kier molecular flexibility index (Phi) is 3.69. The zero-order valence-corrected chi connectivity index (χ0v) is 10.5. The number of halogens is 1. The van der Waals surface area contributed by atoms with Crippen LogP contribution in [0.4, 0.5) is 6.01 Å². The standard InChI is InChI=1S/C11H18ClN3O/c1-7-3-5-9(6-4-7)13-11-15-14-10(16-11)8(2)12/h7-9H,3-6H2,1-2H3,(H,13,15). The molecule has 1 aromatic rings. The van der Waals surface area contributed by atoms with E-state index in [1.54, 1.807) is 0 Å². The quantitative estimate of drug-likeness (QED) is 0.827. The molecule has 0 saturated heterocycles. The second kappa shape index (κ2) is 5.04. The molecule has 0 amide bonds. The summed E-state index contributed by atoms with van der Waals surface area (Å²) >= 11 is 5.85. The maximum Gasteiger partial charge on any atom is 0.315 e. The summed E-state index contributed by atoms with van der Waals surface area (Å²) in [5.41, 5.74) is 0. The van der Waals surface area contributed by atoms with Crippen LogP contribution in [0.2, 0.25) is 0 Å². The van der Waals surface area contributed by atoms with Crippen LogP contribution in [0.15, 0.2) is 4.42 Å². The van der Waals surface area contributed by atoms with E-state index >= 15 is 0 Å². The van der Waals surface area contributed by atoms with E-state index in [4.69, 9.17) is 16.0 Å². The topological polar surface area (TPSA) is 51.0 Å². The van der Waals surface area contributed by atoms with Crippen molar-refractivity contribution in [3.05, 3.63) is 5.89 Å². The molecule has 0 aromatic carbocycles. The lowest BCUT2D eigenvalue weighted by molar-refractivity contribution is 0.355. The minimum atomic E-state index is -0.227. The van der Waals surface area contributed by atoms with E-state index in [1.165, 1.54) is 25.7 Å². The summed E-state index contributed by atoms with van der Waals surface area (Å²) in [6, 6.07) is 0.970. The highest BCUT2D eigenvalue weighted by atomic mass is 35.5. The molecule has 1 fully saturated rings. The van der Waals surface area contributed by atoms with Gasteiger partial charge < -0.3 is 9.73 Å². The maximum absolute atomic E-state index is 5.85. The van der Waals surface area contributed by atoms with Gasteiger partial charge in [-0.25, -0.2) is 0 Å². The minimum absolute atomic E-state index is 0.227. The first-order chi connectivity index (χ1) is 7.65. The van der Waals surface area contributed by atoms with Gasteiger partial charge in [0.05, 0.1) is 0 Å². The Morgan fingerprint density at radius 2 is 2.00 bits per heavy atom. The van der Waals surface area contributed by atoms with E-state index < -0.39 is 0 Å². The predicted molar refractivity (Wildman–Crippen MR) is 63.6 cm³/mol. The van der Waals surface area contributed by atoms with Crippen molar-refractivity contribution in [2.75, 3.05) is 5.32 Å². The van der Waals surface area contributed by atoms with Crippen molar-refractivity contribution in [1.29, 1.82) is 0 Å². The van der Waals surface area contributed by atoms with Crippen molar-refractivity contribution in [2.24, 2.45) is 5.92 Å². The monoisotopic (exact) mass is 243 g/mol. The average Bonchev–Trinajstić information content (AvgIpc) is 2.70. The van der Waals surface area contributed by atoms with Crippen LogP contribution in [0.3, 0.4) is 0 Å². The van der Waals surface area contributed by atoms with Gasteiger partial charge in [0, 0.05) is 6.04 Å². The molecule has 5 heteroatoms. The fourth-order valence-corrected chi connectivity index (χ4v) is 2.12. The summed E-state index contributed by atoms with van der Waals surface area (Å²) in [4.78, 5) is 0. The normalized spacial score (nSPS) is 27.7. The second-order valence-corrected chi connectivity index (χ2v) is 5.32. The molecule has 0 radical (unpaired) electrons. The Balaban J connectivity index is 1.88. The molecule has 2 rings (SSSR count). The van der Waals surface area contributed by atoms with Crippen molar-refractivity contribution < 1.29 is 4.42 Å². The first-order valence-corrected chi connectivity index (χ1v) is 6.33. The fraction of sp³-hybridized carbons (Fsp3) is 0.818. The Labute approximate surface area is 101 Å². The molecule has 1 aliphatic rings. The van der Waals surface area contributed by atoms with E-state index in [1.807, 2.05) is 6.92 Å². The zero-order valence-electron chi connectivity index (χ0n) is 9.74. The van der Waals surface area contributed by atoms with Crippen LogP contribution in [0.5, 0.6) is 0 Å². The Morgan fingerprint density at radius 1 is 1.31 bits per heavy atom. The van der Waals surface area contributed by atoms with Crippen molar-refractivity contribution >= 4 is 17.6 Å². The van der Waals surface area contributed by atoms with Gasteiger partial charge in [0.2, 0.25) is 5.89 Å². The van der Waals surface area contributed by atoms with E-state index in [0.29, 0.717) is 17.9 Å². The predicted octanol–water partition coefficient (Wildman–Crippen LogP) is 3.36. The summed E-state index contributed by atoms with van der Waals surface area (Å²) < 4.78 is 5.41. The van der Waals surface area contributed by atoms with Crippen LogP contribution < -0.4 is 5.32 Å². The molecule has 4 nitrogen and oxygen atoms in total. The number of anilines is 1. The van der Waals surface area contributed by atoms with Gasteiger partial charge in [-0.05, 0) is 38.5 Å². The summed E-state index contributed by atoms with van der Waals surface area (Å²) in [5, 5.41) is 10.9. The Morgan fingerprint density at radius 3 is 2.56 bits per heavy atom. The summed E-state index contributed by atoms with van der Waals surface area (Å²) in [6.45, 7) is 4.12. The molecule has 1 saturated carbocycles. The highest BCUT2D eigenvalue weighted by Crippen LogP contribution is 2.26. The SMILES string of the molecule is CC1CCC(Nc2nnc(C(C)Cl)o2)CC1. The van der Waals surface area contributed by atoms with Crippen LogP contribution in [-0.2, 0) is 0 Å². The molecule has 1 aliphatic carbocycles. The molecule has 0 bridgehead atoms. The molecular weight excluding hydrogens is 226 g/mol. The first-order valence-electron chi connectivity index (χ1n) is 5.89. The van der Waals surface area contributed by atoms with E-state index in [0.717, 1.165) is 5.92 Å². The summed E-state index contributed by atoms with van der Waals surface area (Å²) in [6.07, 6.45) is 4.89. The number of nitrogens with one attached hydrogen (secondary N) is 1. The van der Waals surface area contributed by atoms with Gasteiger partial charge in [0.15, 0.2) is 0 Å². The van der Waals surface area contributed by atoms with Crippen molar-refractivity contribution in [1.82, 2.24) is 10.2 Å². The molecule has 1 unspecified atom stereocenters. The maximum atomic E-state index is 5.85. The Hall–Kier alpha value is -0.770. The van der Waals surface area contributed by atoms with Gasteiger partial charge in [-0.2, -0.15) is 0 Å². The van der Waals surface area contributed by atoms with Gasteiger partial charge in [0.1, 0.15) is 5.38 Å². The highest BCUT2D eigenvalue weighted by molar-refractivity contribution is 6.20. The molecular formula is C11H18ClN3O. The highest BCUT2D eigenvalue weighted by Gasteiger charge is 2.20. The van der Waals surface area contributed by atoms with Gasteiger partial charge in [-0.1, -0.05) is 12.0 Å². The van der Waals surface area contributed by atoms with Gasteiger partial charge >= 0.3 is 6.01 Å². The summed E-state index contributed by atoms with van der Waals surface area (Å²) in [7, 11) is 0. The number of aromatic nitrogens is 2. The minimum Gasteiger partial charge on any atom is -0.406 e. The molecule has 16 heavy (non-hydrogen) atoms. The molecule has 1 aromatic heterocycles. The molecule has 90 valence electrons. The number of rotatable bonds is 3. The third-order valence-electron chi connectivity index (χ3n) is 3.12. The first kappa shape index (κ1) is 11.7. The van der Waals surface area contributed by atoms with Crippen LogP contribution >= 0.6 is 11.6 Å². The third kappa shape index (κ3) is 2.88. The van der Waals surface area contributed by atoms with E-state index in [2.05, 4.69) is 22.4 Å². The van der Waals surface area contributed by atoms with Crippen molar-refractivity contribution in [3.8, 4) is 0 Å². The molecule has 1 atom stereocenters. The molecule has 1 heterocycles. The smallest absolute Gasteiger partial charge is 0.315 e. The zero-order chi connectivity index (χ0) is 11.5. The number of nitrogens with zero attached hydrogens (tertiary/aromatic N) is 2. The van der Waals surface area contributed by atoms with Gasteiger partial charge in [0.25, 0.3) is 0 Å². The van der Waals surface area contributed by atoms with E-state index in [9.17, 15) is 0 Å². The number of hydrogen-bond acceptors (Lipinski definition) is 4. The number of hydrogen-bond donors (Lipinski definition) is 1. The number of alkyl halides is 1. The van der Waals surface area contributed by atoms with Gasteiger partial charge in [-0.15, -0.1) is 16.7 Å². The van der Waals surface area contributed by atoms with Crippen molar-refractivity contribution in [3.63, 3.8) is 0 Å². The van der Waals surface area contributed by atoms with Gasteiger partial charge in [-0.3, -0.25) is 0 Å². The lowest BCUT2D eigenvalue weighted by Gasteiger charge is -2.25. The van der Waals surface area contributed by atoms with Crippen LogP contribution in [0.25, 0.3) is 0 Å². The molecule has 1 N–H and O–H groups in total. The fourth-order valence-electron chi connectivity index (χ4n) is 2.03. The van der Waals surface area contributed by atoms with E-state index in [-0.39, 0.29) is 5.38 Å². The second-order valence-electron chi connectivity index (χ2n) is 4.66.